The van der Waals surface area contributed by atoms with Crippen molar-refractivity contribution in [1.29, 1.82) is 0 Å². The number of hydrogen-bond acceptors (Lipinski definition) is 6. The third kappa shape index (κ3) is 7.40. The van der Waals surface area contributed by atoms with Crippen molar-refractivity contribution in [2.45, 2.75) is 39.0 Å². The Morgan fingerprint density at radius 3 is 2.84 bits per heavy atom. The van der Waals surface area contributed by atoms with Crippen LogP contribution < -0.4 is 10.6 Å². The van der Waals surface area contributed by atoms with Crippen LogP contribution in [0.25, 0.3) is 0 Å². The predicted octanol–water partition coefficient (Wildman–Crippen LogP) is 3.67. The first-order valence-corrected chi connectivity index (χ1v) is 13.1. The predicted molar refractivity (Wildman–Crippen MR) is 143 cm³/mol. The zero-order chi connectivity index (χ0) is 26.3. The Morgan fingerprint density at radius 1 is 1.30 bits per heavy atom. The maximum Gasteiger partial charge on any atom is 0.255 e. The monoisotopic (exact) mass is 512 g/mol. The molecule has 0 radical (unpaired) electrons. The zero-order valence-electron chi connectivity index (χ0n) is 21.9. The molecule has 0 aliphatic carbocycles. The smallest absolute Gasteiger partial charge is 0.255 e. The third-order valence-corrected chi connectivity index (χ3v) is 7.05. The molecule has 9 heteroatoms. The van der Waals surface area contributed by atoms with Crippen LogP contribution in [0.3, 0.4) is 0 Å². The van der Waals surface area contributed by atoms with Crippen LogP contribution in [0.5, 0.6) is 0 Å². The Bertz CT molecular complexity index is 1090. The fraction of sp³-hybridized carbons (Fsp3) is 0.536. The van der Waals surface area contributed by atoms with Crippen LogP contribution in [0.1, 0.15) is 38.1 Å². The zero-order valence-corrected chi connectivity index (χ0v) is 21.9. The number of aliphatic imine (C=N–C) groups is 1. The summed E-state index contributed by atoms with van der Waals surface area (Å²) in [5.41, 5.74) is 5.50. The van der Waals surface area contributed by atoms with Crippen LogP contribution >= 0.6 is 0 Å². The highest BCUT2D eigenvalue weighted by Crippen LogP contribution is 2.31. The van der Waals surface area contributed by atoms with Gasteiger partial charge >= 0.3 is 0 Å². The molecular formula is C28H38F2N6O. The molecule has 1 atom stereocenters. The van der Waals surface area contributed by atoms with Crippen LogP contribution in [0.15, 0.2) is 64.6 Å². The second kappa shape index (κ2) is 12.7. The number of amidine groups is 1. The van der Waals surface area contributed by atoms with E-state index in [1.165, 1.54) is 11.1 Å². The lowest BCUT2D eigenvalue weighted by Gasteiger charge is -2.30. The Hall–Kier alpha value is -2.75. The maximum absolute atomic E-state index is 14.4. The summed E-state index contributed by atoms with van der Waals surface area (Å²) in [7, 11) is 0. The highest BCUT2D eigenvalue weighted by Gasteiger charge is 2.41. The standard InChI is InChI=1S/C28H38F2N6O/c1-4-22(19-36-11-13-37-14-12-36)16-20(2)15-21(3)24-5-6-25-26(33-10-9-32-25)27(35-24)34-18-23-17-31-8-7-28(23,29)30/h4-5,9-10,15,23,31H,3,6-8,11-14,16-19H2,1-2H3,(H,34,35)/b20-15-,22-4+/t23-/m0/s1. The van der Waals surface area contributed by atoms with Crippen LogP contribution in [0.4, 0.5) is 8.78 Å². The van der Waals surface area contributed by atoms with E-state index in [1.54, 1.807) is 12.4 Å². The normalized spacial score (nSPS) is 24.2. The quantitative estimate of drug-likeness (QED) is 0.409. The molecule has 0 aromatic carbocycles. The second-order valence-electron chi connectivity index (χ2n) is 9.93. The minimum atomic E-state index is -2.74. The van der Waals surface area contributed by atoms with Crippen molar-refractivity contribution in [1.82, 2.24) is 25.5 Å². The van der Waals surface area contributed by atoms with Crippen LogP contribution in [-0.2, 0) is 11.2 Å². The summed E-state index contributed by atoms with van der Waals surface area (Å²) in [6.45, 7) is 13.5. The number of piperidine rings is 1. The van der Waals surface area contributed by atoms with Crippen molar-refractivity contribution >= 4 is 5.84 Å². The minimum absolute atomic E-state index is 0.000828. The summed E-state index contributed by atoms with van der Waals surface area (Å²) in [5, 5.41) is 6.40. The first kappa shape index (κ1) is 27.3. The number of allylic oxidation sites excluding steroid dienone is 4. The van der Waals surface area contributed by atoms with Gasteiger partial charge in [0.15, 0.2) is 5.84 Å². The van der Waals surface area contributed by atoms with Crippen LogP contribution in [-0.4, -0.2) is 79.1 Å². The Labute approximate surface area is 218 Å². The highest BCUT2D eigenvalue weighted by atomic mass is 19.3. The highest BCUT2D eigenvalue weighted by molar-refractivity contribution is 6.00. The van der Waals surface area contributed by atoms with E-state index in [0.29, 0.717) is 24.5 Å². The lowest BCUT2D eigenvalue weighted by atomic mass is 9.95. The van der Waals surface area contributed by atoms with Crippen molar-refractivity contribution in [2.75, 3.05) is 52.5 Å². The molecule has 2 N–H and O–H groups in total. The molecule has 3 aliphatic rings. The van der Waals surface area contributed by atoms with Crippen molar-refractivity contribution < 1.29 is 13.5 Å². The van der Waals surface area contributed by atoms with Gasteiger partial charge in [0.25, 0.3) is 5.92 Å². The molecular weight excluding hydrogens is 474 g/mol. The Kier molecular flexibility index (Phi) is 9.34. The van der Waals surface area contributed by atoms with Gasteiger partial charge in [-0.05, 0) is 25.8 Å². The van der Waals surface area contributed by atoms with Crippen LogP contribution in [0, 0.1) is 5.92 Å². The number of nitrogens with zero attached hydrogens (tertiary/aromatic N) is 4. The van der Waals surface area contributed by atoms with E-state index in [0.717, 1.165) is 56.2 Å². The number of halogens is 2. The molecule has 0 spiro atoms. The van der Waals surface area contributed by atoms with Crippen molar-refractivity contribution in [3.63, 3.8) is 0 Å². The van der Waals surface area contributed by atoms with Gasteiger partial charge in [0.2, 0.25) is 0 Å². The molecule has 0 saturated carbocycles. The van der Waals surface area contributed by atoms with Gasteiger partial charge in [-0.1, -0.05) is 36.0 Å². The van der Waals surface area contributed by atoms with E-state index in [1.807, 2.05) is 6.08 Å². The van der Waals surface area contributed by atoms with E-state index in [2.05, 4.69) is 63.1 Å². The number of nitrogens with one attached hydrogen (secondary N) is 2. The minimum Gasteiger partial charge on any atom is -0.379 e. The maximum atomic E-state index is 14.4. The summed E-state index contributed by atoms with van der Waals surface area (Å²) < 4.78 is 34.3. The van der Waals surface area contributed by atoms with Gasteiger partial charge in [0.1, 0.15) is 5.69 Å². The number of fused-ring (bicyclic) bond motifs is 1. The topological polar surface area (TPSA) is 74.7 Å². The number of hydrogen-bond donors (Lipinski definition) is 2. The summed E-state index contributed by atoms with van der Waals surface area (Å²) in [6, 6.07) is 0. The van der Waals surface area contributed by atoms with Gasteiger partial charge in [-0.15, -0.1) is 0 Å². The van der Waals surface area contributed by atoms with Gasteiger partial charge in [0.05, 0.1) is 31.4 Å². The molecule has 0 unspecified atom stereocenters. The van der Waals surface area contributed by atoms with E-state index in [4.69, 9.17) is 4.74 Å². The molecule has 4 rings (SSSR count). The SMILES string of the molecule is C=C(/C=C(/C)C/C(=C\C)CN1CCOCC1)C1=CCc2nccnc2C(=NC[C@@H]2CNCCC2(F)F)N1. The Morgan fingerprint density at radius 2 is 2.08 bits per heavy atom. The van der Waals surface area contributed by atoms with E-state index < -0.39 is 11.8 Å². The fourth-order valence-corrected chi connectivity index (χ4v) is 4.84. The lowest BCUT2D eigenvalue weighted by molar-refractivity contribution is -0.0740. The first-order chi connectivity index (χ1) is 17.9. The van der Waals surface area contributed by atoms with Gasteiger partial charge in [-0.2, -0.15) is 0 Å². The number of rotatable bonds is 8. The van der Waals surface area contributed by atoms with Crippen molar-refractivity contribution in [2.24, 2.45) is 10.9 Å². The molecule has 2 saturated heterocycles. The molecule has 3 aliphatic heterocycles. The van der Waals surface area contributed by atoms with Crippen molar-refractivity contribution in [3.05, 3.63) is 71.0 Å². The molecule has 200 valence electrons. The van der Waals surface area contributed by atoms with E-state index >= 15 is 0 Å². The fourth-order valence-electron chi connectivity index (χ4n) is 4.84. The summed E-state index contributed by atoms with van der Waals surface area (Å²) in [4.78, 5) is 15.9. The van der Waals surface area contributed by atoms with Crippen molar-refractivity contribution in [3.8, 4) is 0 Å². The molecule has 1 aromatic heterocycles. The summed E-state index contributed by atoms with van der Waals surface area (Å²) in [5.74, 6) is -3.14. The average Bonchev–Trinajstić information content (AvgIpc) is 3.08. The molecule has 0 bridgehead atoms. The molecule has 0 amide bonds. The third-order valence-electron chi connectivity index (χ3n) is 7.05. The number of morpholine rings is 1. The molecule has 7 nitrogen and oxygen atoms in total. The molecule has 2 fully saturated rings. The first-order valence-electron chi connectivity index (χ1n) is 13.1. The average molecular weight is 513 g/mol. The van der Waals surface area contributed by atoms with Gasteiger partial charge in [-0.25, -0.2) is 13.8 Å². The Balaban J connectivity index is 1.47. The molecule has 4 heterocycles. The largest absolute Gasteiger partial charge is 0.379 e. The number of aromatic nitrogens is 2. The summed E-state index contributed by atoms with van der Waals surface area (Å²) in [6.07, 6.45) is 10.8. The number of ether oxygens (including phenoxy) is 1. The van der Waals surface area contributed by atoms with Crippen LogP contribution in [0.2, 0.25) is 0 Å². The van der Waals surface area contributed by atoms with E-state index in [9.17, 15) is 8.78 Å². The van der Waals surface area contributed by atoms with E-state index in [-0.39, 0.29) is 19.5 Å². The van der Waals surface area contributed by atoms with Gasteiger partial charge in [0, 0.05) is 63.7 Å². The lowest BCUT2D eigenvalue weighted by Crippen LogP contribution is -2.46. The second-order valence-corrected chi connectivity index (χ2v) is 9.93. The molecule has 37 heavy (non-hydrogen) atoms. The van der Waals surface area contributed by atoms with Gasteiger partial charge in [-0.3, -0.25) is 14.9 Å². The summed E-state index contributed by atoms with van der Waals surface area (Å²) >= 11 is 0. The number of alkyl halides is 2. The molecule has 1 aromatic rings. The van der Waals surface area contributed by atoms with Gasteiger partial charge < -0.3 is 15.4 Å².